The van der Waals surface area contributed by atoms with Crippen LogP contribution >= 0.6 is 15.9 Å². The van der Waals surface area contributed by atoms with Gasteiger partial charge in [0.1, 0.15) is 40.7 Å². The Kier molecular flexibility index (Phi) is 23.1. The number of aromatic nitrogens is 2. The van der Waals surface area contributed by atoms with Crippen molar-refractivity contribution in [1.82, 2.24) is 20.1 Å². The minimum Gasteiger partial charge on any atom is -0.465 e. The molecule has 2 amide bonds. The summed E-state index contributed by atoms with van der Waals surface area (Å²) in [5, 5.41) is 8.81. The van der Waals surface area contributed by atoms with Crippen LogP contribution in [0.2, 0.25) is 0 Å². The predicted molar refractivity (Wildman–Crippen MR) is 302 cm³/mol. The number of nitrogens with zero attached hydrogens (tertiary/aromatic N) is 6. The van der Waals surface area contributed by atoms with Crippen LogP contribution in [0.25, 0.3) is 0 Å². The zero-order valence-electron chi connectivity index (χ0n) is 47.0. The molecule has 77 heavy (non-hydrogen) atoms. The summed E-state index contributed by atoms with van der Waals surface area (Å²) < 4.78 is 31.9. The Labute approximate surface area is 462 Å². The first-order valence-corrected chi connectivity index (χ1v) is 26.5. The Morgan fingerprint density at radius 2 is 0.922 bits per heavy atom. The molecule has 17 heteroatoms. The van der Waals surface area contributed by atoms with E-state index < -0.39 is 40.4 Å². The second-order valence-corrected chi connectivity index (χ2v) is 21.1. The first-order valence-electron chi connectivity index (χ1n) is 25.4. The first-order chi connectivity index (χ1) is 36.3. The predicted octanol–water partition coefficient (Wildman–Crippen LogP) is 12.5. The summed E-state index contributed by atoms with van der Waals surface area (Å²) in [6.45, 7) is 22.6. The molecule has 0 saturated carbocycles. The Morgan fingerprint density at radius 3 is 1.27 bits per heavy atom. The molecule has 16 nitrogen and oxygen atoms in total. The van der Waals surface area contributed by atoms with Gasteiger partial charge in [-0.15, -0.1) is 0 Å². The lowest BCUT2D eigenvalue weighted by Crippen LogP contribution is -2.45. The zero-order chi connectivity index (χ0) is 57.0. The fourth-order valence-corrected chi connectivity index (χ4v) is 7.25. The van der Waals surface area contributed by atoms with Crippen molar-refractivity contribution < 1.29 is 47.2 Å². The second kappa shape index (κ2) is 28.7. The van der Waals surface area contributed by atoms with Gasteiger partial charge in [0.25, 0.3) is 0 Å². The molecule has 4 aromatic carbocycles. The van der Waals surface area contributed by atoms with E-state index in [1.165, 1.54) is 9.80 Å². The van der Waals surface area contributed by atoms with Crippen molar-refractivity contribution in [3.8, 4) is 0 Å². The molecule has 1 atom stereocenters. The standard InChI is InChI=1S/C30H37N3O5.C17H17NO2.C13H21BrN2O3/c1-8-36-27(34)24(31-26(21-15-11-9-12-16-21)22-17-13-10-14-18-22)19-23-20-25(32-38-23)30(5,6)33(7)28(35)37-29(2,3)4;1-2-20-16(19)13-18-17(14-9-5-3-6-10-14)15-11-7-4-8-12-15;1-12(2,3)18-11(17)16(6)13(4,5)10-7-9(8-14)19-15-10/h9-18,20,24H,8,19H2,1-7H3;3-12H,2,13H2,1H3;7H,8H2,1-6H3. The number of carbonyl (C=O) groups excluding carboxylic acids is 4. The maximum absolute atomic E-state index is 13.0. The van der Waals surface area contributed by atoms with Crippen molar-refractivity contribution >= 4 is 51.5 Å². The Bertz CT molecular complexity index is 2770. The number of benzene rings is 4. The molecule has 1 unspecified atom stereocenters. The molecule has 0 bridgehead atoms. The van der Waals surface area contributed by atoms with Gasteiger partial charge in [0.2, 0.25) is 0 Å². The third-order valence-electron chi connectivity index (χ3n) is 11.6. The van der Waals surface area contributed by atoms with Gasteiger partial charge in [-0.2, -0.15) is 0 Å². The van der Waals surface area contributed by atoms with E-state index in [1.807, 2.05) is 197 Å². The number of carbonyl (C=O) groups is 4. The van der Waals surface area contributed by atoms with E-state index in [9.17, 15) is 19.2 Å². The van der Waals surface area contributed by atoms with Crippen LogP contribution < -0.4 is 0 Å². The molecule has 0 fully saturated rings. The van der Waals surface area contributed by atoms with Crippen molar-refractivity contribution in [2.45, 2.75) is 123 Å². The van der Waals surface area contributed by atoms with Gasteiger partial charge in [-0.05, 0) is 83.1 Å². The molecule has 0 aliphatic carbocycles. The number of halogens is 1. The van der Waals surface area contributed by atoms with Crippen LogP contribution in [0.15, 0.2) is 152 Å². The molecule has 2 heterocycles. The van der Waals surface area contributed by atoms with E-state index in [2.05, 4.69) is 31.2 Å². The number of esters is 2. The third-order valence-corrected chi connectivity index (χ3v) is 12.2. The number of alkyl halides is 1. The fraction of sp³-hybridized carbons (Fsp3) is 0.400. The SMILES string of the molecule is CCOC(=O)C(Cc1cc(C(C)(C)N(C)C(=O)OC(C)(C)C)no1)N=C(c1ccccc1)c1ccccc1.CCOC(=O)CN=C(c1ccccc1)c1ccccc1.CN(C(=O)OC(C)(C)C)C(C)(C)c1cc(CBr)on1. The smallest absolute Gasteiger partial charge is 0.410 e. The van der Waals surface area contributed by atoms with Crippen LogP contribution in [0.4, 0.5) is 9.59 Å². The Hall–Kier alpha value is -7.40. The molecule has 0 aliphatic heterocycles. The summed E-state index contributed by atoms with van der Waals surface area (Å²) in [6, 6.07) is 41.8. The largest absolute Gasteiger partial charge is 0.465 e. The van der Waals surface area contributed by atoms with E-state index in [1.54, 1.807) is 34.0 Å². The summed E-state index contributed by atoms with van der Waals surface area (Å²) in [7, 11) is 3.34. The highest BCUT2D eigenvalue weighted by Crippen LogP contribution is 2.30. The highest BCUT2D eigenvalue weighted by atomic mass is 79.9. The Morgan fingerprint density at radius 1 is 0.558 bits per heavy atom. The summed E-state index contributed by atoms with van der Waals surface area (Å²) in [5.74, 6) is 0.408. The average molecular weight is 1120 g/mol. The lowest BCUT2D eigenvalue weighted by atomic mass is 9.98. The van der Waals surface area contributed by atoms with Crippen molar-refractivity contribution in [1.29, 1.82) is 0 Å². The molecule has 412 valence electrons. The minimum absolute atomic E-state index is 0.0347. The minimum atomic E-state index is -0.863. The first kappa shape index (κ1) is 62.1. The molecule has 6 rings (SSSR count). The van der Waals surface area contributed by atoms with Gasteiger partial charge >= 0.3 is 24.1 Å². The van der Waals surface area contributed by atoms with Crippen molar-refractivity contribution in [2.24, 2.45) is 9.98 Å². The summed E-state index contributed by atoms with van der Waals surface area (Å²) in [5.41, 5.74) is 3.85. The number of rotatable bonds is 17. The van der Waals surface area contributed by atoms with Crippen LogP contribution in [-0.2, 0) is 51.4 Å². The third kappa shape index (κ3) is 19.3. The topological polar surface area (TPSA) is 188 Å². The summed E-state index contributed by atoms with van der Waals surface area (Å²) >= 11 is 3.30. The van der Waals surface area contributed by atoms with E-state index in [4.69, 9.17) is 33.0 Å². The van der Waals surface area contributed by atoms with Gasteiger partial charge in [0.15, 0.2) is 6.04 Å². The van der Waals surface area contributed by atoms with Crippen LogP contribution in [0.3, 0.4) is 0 Å². The van der Waals surface area contributed by atoms with Gasteiger partial charge in [-0.25, -0.2) is 14.4 Å². The highest BCUT2D eigenvalue weighted by molar-refractivity contribution is 9.08. The van der Waals surface area contributed by atoms with E-state index >= 15 is 0 Å². The number of ether oxygens (including phenoxy) is 4. The van der Waals surface area contributed by atoms with Crippen molar-refractivity contribution in [3.05, 3.63) is 179 Å². The number of aliphatic imine (C=N–C) groups is 2. The summed E-state index contributed by atoms with van der Waals surface area (Å²) in [4.78, 5) is 61.6. The molecule has 0 spiro atoms. The van der Waals surface area contributed by atoms with E-state index in [0.29, 0.717) is 34.8 Å². The molecule has 0 aliphatic rings. The van der Waals surface area contributed by atoms with E-state index in [0.717, 1.165) is 33.7 Å². The lowest BCUT2D eigenvalue weighted by molar-refractivity contribution is -0.144. The summed E-state index contributed by atoms with van der Waals surface area (Å²) in [6.07, 6.45) is -0.723. The molecule has 0 saturated heterocycles. The van der Waals surface area contributed by atoms with Gasteiger partial charge in [-0.3, -0.25) is 14.8 Å². The Balaban J connectivity index is 0.000000275. The molecular formula is C60H75BrN6O10. The number of hydrogen-bond donors (Lipinski definition) is 0. The molecule has 0 N–H and O–H groups in total. The maximum Gasteiger partial charge on any atom is 0.410 e. The van der Waals surface area contributed by atoms with Gasteiger partial charge < -0.3 is 37.8 Å². The van der Waals surface area contributed by atoms with Gasteiger partial charge in [0, 0.05) is 54.9 Å². The fourth-order valence-electron chi connectivity index (χ4n) is 6.99. The zero-order valence-corrected chi connectivity index (χ0v) is 48.5. The van der Waals surface area contributed by atoms with Crippen LogP contribution in [-0.4, -0.2) is 107 Å². The van der Waals surface area contributed by atoms with Gasteiger partial charge in [-0.1, -0.05) is 148 Å². The molecule has 0 radical (unpaired) electrons. The monoisotopic (exact) mass is 1120 g/mol. The van der Waals surface area contributed by atoms with Crippen LogP contribution in [0, 0.1) is 0 Å². The van der Waals surface area contributed by atoms with Crippen LogP contribution in [0.1, 0.15) is 128 Å². The average Bonchev–Trinajstić information content (AvgIpc) is 4.10. The lowest BCUT2D eigenvalue weighted by Gasteiger charge is -2.35. The molecule has 2 aromatic heterocycles. The van der Waals surface area contributed by atoms with E-state index in [-0.39, 0.29) is 31.6 Å². The quantitative estimate of drug-likeness (QED) is 0.0364. The molecule has 6 aromatic rings. The van der Waals surface area contributed by atoms with Crippen molar-refractivity contribution in [3.63, 3.8) is 0 Å². The van der Waals surface area contributed by atoms with Crippen molar-refractivity contribution in [2.75, 3.05) is 33.9 Å². The second-order valence-electron chi connectivity index (χ2n) is 20.6. The van der Waals surface area contributed by atoms with Crippen LogP contribution in [0.5, 0.6) is 0 Å². The molecular weight excluding hydrogens is 1040 g/mol. The van der Waals surface area contributed by atoms with Gasteiger partial charge in [0.05, 0.1) is 41.0 Å². The highest BCUT2D eigenvalue weighted by Gasteiger charge is 2.37. The normalized spacial score (nSPS) is 11.7. The maximum atomic E-state index is 13.0. The number of hydrogen-bond acceptors (Lipinski definition) is 14. The number of amides is 2.